The summed E-state index contributed by atoms with van der Waals surface area (Å²) in [5.74, 6) is -1.46. The number of carbonyl (C=O) groups excluding carboxylic acids is 2. The summed E-state index contributed by atoms with van der Waals surface area (Å²) in [5, 5.41) is 2.98. The summed E-state index contributed by atoms with van der Waals surface area (Å²) in [5.41, 5.74) is 1.03. The molecule has 0 bridgehead atoms. The molecule has 10 heteroatoms. The van der Waals surface area contributed by atoms with Gasteiger partial charge >= 0.3 is 0 Å². The molecule has 1 N–H and O–H groups in total. The molecule has 4 aromatic rings. The molecule has 0 spiro atoms. The van der Waals surface area contributed by atoms with Crippen LogP contribution in [-0.2, 0) is 24.3 Å². The Morgan fingerprint density at radius 3 is 2.55 bits per heavy atom. The Balaban J connectivity index is 1.62. The minimum Gasteiger partial charge on any atom is -0.349 e. The number of pyridine rings is 2. The number of aromatic nitrogens is 3. The third-order valence-corrected chi connectivity index (χ3v) is 6.30. The normalized spacial score (nSPS) is 11.8. The number of halogens is 4. The summed E-state index contributed by atoms with van der Waals surface area (Å²) in [6.07, 6.45) is -2.07. The number of hydrogen-bond acceptors (Lipinski definition) is 4. The molecule has 0 saturated carbocycles. The smallest absolute Gasteiger partial charge is 0.281 e. The van der Waals surface area contributed by atoms with Gasteiger partial charge in [-0.25, -0.2) is 13.2 Å². The van der Waals surface area contributed by atoms with Crippen LogP contribution >= 0.6 is 11.6 Å². The van der Waals surface area contributed by atoms with Crippen molar-refractivity contribution in [2.45, 2.75) is 52.4 Å². The molecule has 0 aliphatic rings. The predicted molar refractivity (Wildman–Crippen MR) is 140 cm³/mol. The van der Waals surface area contributed by atoms with Crippen LogP contribution in [0.15, 0.2) is 54.7 Å². The molecule has 0 atom stereocenters. The number of aryl methyl sites for hydroxylation is 1. The summed E-state index contributed by atoms with van der Waals surface area (Å²) in [6, 6.07) is 14.1. The summed E-state index contributed by atoms with van der Waals surface area (Å²) in [6.45, 7) is 4.73. The minimum atomic E-state index is -2.98. The maximum atomic E-state index is 13.8. The van der Waals surface area contributed by atoms with Crippen molar-refractivity contribution in [2.75, 3.05) is 0 Å². The monoisotopic (exact) mass is 542 g/mol. The van der Waals surface area contributed by atoms with E-state index in [-0.39, 0.29) is 18.5 Å². The third kappa shape index (κ3) is 5.88. The van der Waals surface area contributed by atoms with Crippen LogP contribution in [0.25, 0.3) is 22.3 Å². The van der Waals surface area contributed by atoms with Gasteiger partial charge < -0.3 is 9.88 Å². The lowest BCUT2D eigenvalue weighted by molar-refractivity contribution is -0.130. The van der Waals surface area contributed by atoms with Crippen molar-refractivity contribution in [1.29, 1.82) is 0 Å². The number of nitrogens with zero attached hydrogens (tertiary/aromatic N) is 3. The van der Waals surface area contributed by atoms with E-state index in [1.807, 2.05) is 37.3 Å². The van der Waals surface area contributed by atoms with Gasteiger partial charge in [0.1, 0.15) is 5.69 Å². The second-order valence-electron chi connectivity index (χ2n) is 9.32. The second-order valence-corrected chi connectivity index (χ2v) is 9.76. The van der Waals surface area contributed by atoms with Gasteiger partial charge in [-0.05, 0) is 68.3 Å². The highest BCUT2D eigenvalue weighted by molar-refractivity contribution is 6.30. The number of amides is 1. The van der Waals surface area contributed by atoms with Crippen LogP contribution < -0.4 is 5.32 Å². The van der Waals surface area contributed by atoms with Crippen molar-refractivity contribution >= 4 is 34.3 Å². The number of alkyl halides is 3. The maximum absolute atomic E-state index is 13.8. The van der Waals surface area contributed by atoms with Crippen LogP contribution in [0, 0.1) is 0 Å². The minimum absolute atomic E-state index is 0.163. The van der Waals surface area contributed by atoms with Gasteiger partial charge in [-0.2, -0.15) is 0 Å². The Kier molecular flexibility index (Phi) is 7.87. The molecule has 6 nitrogen and oxygen atoms in total. The van der Waals surface area contributed by atoms with Gasteiger partial charge in [0.25, 0.3) is 12.3 Å². The molecule has 0 saturated heterocycles. The average Bonchev–Trinajstić information content (AvgIpc) is 3.24. The molecule has 0 unspecified atom stereocenters. The number of fused-ring (bicyclic) bond motifs is 1. The number of ketones is 1. The van der Waals surface area contributed by atoms with E-state index in [9.17, 15) is 22.8 Å². The van der Waals surface area contributed by atoms with Crippen molar-refractivity contribution in [2.24, 2.45) is 0 Å². The first kappa shape index (κ1) is 27.3. The van der Waals surface area contributed by atoms with Crippen LogP contribution in [0.1, 0.15) is 54.5 Å². The van der Waals surface area contributed by atoms with Gasteiger partial charge in [-0.1, -0.05) is 23.7 Å². The molecule has 198 valence electrons. The number of Topliss-reactive ketones (excluding diaryl/α,β-unsaturated/α-hetero) is 1. The molecule has 3 heterocycles. The van der Waals surface area contributed by atoms with Crippen LogP contribution in [-0.4, -0.2) is 31.9 Å². The van der Waals surface area contributed by atoms with E-state index in [0.717, 1.165) is 36.8 Å². The lowest BCUT2D eigenvalue weighted by atomic mass is 10.0. The molecule has 3 aromatic heterocycles. The topological polar surface area (TPSA) is 76.9 Å². The van der Waals surface area contributed by atoms with Crippen LogP contribution in [0.4, 0.5) is 13.2 Å². The fourth-order valence-corrected chi connectivity index (χ4v) is 4.36. The van der Waals surface area contributed by atoms with E-state index in [0.29, 0.717) is 28.3 Å². The molecule has 0 aliphatic carbocycles. The van der Waals surface area contributed by atoms with Gasteiger partial charge in [-0.15, -0.1) is 0 Å². The van der Waals surface area contributed by atoms with Crippen molar-refractivity contribution in [3.8, 4) is 11.3 Å². The fourth-order valence-electron chi connectivity index (χ4n) is 4.17. The Morgan fingerprint density at radius 2 is 1.89 bits per heavy atom. The third-order valence-electron chi connectivity index (χ3n) is 6.07. The first-order valence-electron chi connectivity index (χ1n) is 12.0. The van der Waals surface area contributed by atoms with E-state index in [2.05, 4.69) is 19.9 Å². The maximum Gasteiger partial charge on any atom is 0.281 e. The van der Waals surface area contributed by atoms with Crippen LogP contribution in [0.3, 0.4) is 0 Å². The highest BCUT2D eigenvalue weighted by Gasteiger charge is 2.27. The van der Waals surface area contributed by atoms with Gasteiger partial charge in [0.15, 0.2) is 11.5 Å². The molecular formula is C28H26ClF3N4O2. The molecule has 4 rings (SSSR count). The zero-order valence-corrected chi connectivity index (χ0v) is 21.8. The lowest BCUT2D eigenvalue weighted by Gasteiger charge is -2.15. The molecule has 38 heavy (non-hydrogen) atoms. The summed E-state index contributed by atoms with van der Waals surface area (Å²) in [7, 11) is 0. The molecule has 0 fully saturated rings. The zero-order chi connectivity index (χ0) is 27.6. The van der Waals surface area contributed by atoms with E-state index in [4.69, 9.17) is 11.6 Å². The summed E-state index contributed by atoms with van der Waals surface area (Å²) < 4.78 is 43.2. The van der Waals surface area contributed by atoms with Crippen LogP contribution in [0.2, 0.25) is 5.02 Å². The molecule has 1 amide bonds. The first-order valence-corrected chi connectivity index (χ1v) is 12.4. The second kappa shape index (κ2) is 10.9. The Bertz CT molecular complexity index is 1510. The van der Waals surface area contributed by atoms with Crippen molar-refractivity contribution in [1.82, 2.24) is 19.9 Å². The van der Waals surface area contributed by atoms with E-state index >= 15 is 0 Å². The summed E-state index contributed by atoms with van der Waals surface area (Å²) >= 11 is 6.17. The van der Waals surface area contributed by atoms with E-state index in [1.165, 1.54) is 6.07 Å². The van der Waals surface area contributed by atoms with Gasteiger partial charge in [0.05, 0.1) is 23.1 Å². The quantitative estimate of drug-likeness (QED) is 0.245. The SMILES string of the molecule is CCn1c(-c2cccc(Cl)c2)cc2nc(CC(=O)c3cc(CNC(=O)C(C)(C)F)cnc3C(F)F)ccc21. The number of carbonyl (C=O) groups is 2. The molecular weight excluding hydrogens is 517 g/mol. The summed E-state index contributed by atoms with van der Waals surface area (Å²) in [4.78, 5) is 33.3. The highest BCUT2D eigenvalue weighted by Crippen LogP contribution is 2.30. The molecule has 0 aliphatic heterocycles. The number of hydrogen-bond donors (Lipinski definition) is 1. The first-order chi connectivity index (χ1) is 18.0. The highest BCUT2D eigenvalue weighted by atomic mass is 35.5. The predicted octanol–water partition coefficient (Wildman–Crippen LogP) is 6.50. The van der Waals surface area contributed by atoms with E-state index in [1.54, 1.807) is 12.1 Å². The number of rotatable bonds is 9. The standard InChI is InChI=1S/C28H26ClF3N4O2/c1-4-36-22-9-8-19(35-21(22)13-23(36)17-6-5-7-18(29)11-17)12-24(37)20-10-16(14-33-25(20)26(30)31)15-34-27(38)28(2,3)32/h5-11,13-14,26H,4,12,15H2,1-3H3,(H,34,38). The number of benzene rings is 1. The van der Waals surface area contributed by atoms with Crippen molar-refractivity contribution < 1.29 is 22.8 Å². The Hall–Kier alpha value is -3.72. The van der Waals surface area contributed by atoms with Gasteiger partial charge in [0, 0.05) is 35.6 Å². The Morgan fingerprint density at radius 1 is 1.13 bits per heavy atom. The van der Waals surface area contributed by atoms with Crippen LogP contribution in [0.5, 0.6) is 0 Å². The molecule has 0 radical (unpaired) electrons. The molecule has 1 aromatic carbocycles. The fraction of sp³-hybridized carbons (Fsp3) is 0.286. The van der Waals surface area contributed by atoms with Gasteiger partial charge in [0.2, 0.25) is 0 Å². The Labute approximate surface area is 222 Å². The van der Waals surface area contributed by atoms with Crippen molar-refractivity contribution in [3.05, 3.63) is 82.3 Å². The van der Waals surface area contributed by atoms with Crippen molar-refractivity contribution in [3.63, 3.8) is 0 Å². The average molecular weight is 543 g/mol. The zero-order valence-electron chi connectivity index (χ0n) is 21.1. The number of nitrogens with one attached hydrogen (secondary N) is 1. The van der Waals surface area contributed by atoms with E-state index < -0.39 is 29.5 Å². The lowest BCUT2D eigenvalue weighted by Crippen LogP contribution is -2.38. The largest absolute Gasteiger partial charge is 0.349 e. The van der Waals surface area contributed by atoms with Gasteiger partial charge in [-0.3, -0.25) is 19.6 Å².